The first-order valence-electron chi connectivity index (χ1n) is 7.76. The first-order chi connectivity index (χ1) is 10.9. The molecule has 7 nitrogen and oxygen atoms in total. The van der Waals surface area contributed by atoms with Gasteiger partial charge < -0.3 is 14.9 Å². The predicted molar refractivity (Wildman–Crippen MR) is 89.0 cm³/mol. The van der Waals surface area contributed by atoms with Crippen LogP contribution in [-0.2, 0) is 10.0 Å². The summed E-state index contributed by atoms with van der Waals surface area (Å²) >= 11 is 0. The van der Waals surface area contributed by atoms with Crippen molar-refractivity contribution in [2.45, 2.75) is 30.2 Å². The maximum absolute atomic E-state index is 13.0. The maximum atomic E-state index is 13.0. The zero-order valence-electron chi connectivity index (χ0n) is 13.4. The van der Waals surface area contributed by atoms with Gasteiger partial charge >= 0.3 is 5.69 Å². The molecule has 1 aliphatic rings. The standard InChI is InChI=1S/C15H22N4O3S/c1-18(2)11-5-3-4-8-19(10-11)23(21,22)12-6-7-13-14(9-12)17-15(20)16-13/h6-7,9,11H,3-5,8,10H2,1-2H3,(H2,16,17,20). The second-order valence-electron chi connectivity index (χ2n) is 6.26. The molecule has 1 unspecified atom stereocenters. The molecule has 3 rings (SSSR count). The van der Waals surface area contributed by atoms with Gasteiger partial charge in [-0.3, -0.25) is 0 Å². The number of rotatable bonds is 3. The molecule has 23 heavy (non-hydrogen) atoms. The van der Waals surface area contributed by atoms with E-state index in [0.717, 1.165) is 19.3 Å². The molecule has 1 saturated heterocycles. The van der Waals surface area contributed by atoms with Crippen LogP contribution in [0.2, 0.25) is 0 Å². The van der Waals surface area contributed by atoms with Crippen LogP contribution in [0.5, 0.6) is 0 Å². The van der Waals surface area contributed by atoms with Crippen LogP contribution in [0.4, 0.5) is 0 Å². The number of hydrogen-bond acceptors (Lipinski definition) is 4. The summed E-state index contributed by atoms with van der Waals surface area (Å²) in [6.45, 7) is 1.03. The van der Waals surface area contributed by atoms with Crippen LogP contribution < -0.4 is 5.69 Å². The van der Waals surface area contributed by atoms with E-state index in [1.54, 1.807) is 16.4 Å². The molecule has 0 radical (unpaired) electrons. The van der Waals surface area contributed by atoms with E-state index in [4.69, 9.17) is 0 Å². The fourth-order valence-corrected chi connectivity index (χ4v) is 4.59. The Labute approximate surface area is 135 Å². The number of likely N-dealkylation sites (N-methyl/N-ethyl adjacent to an activating group) is 1. The minimum absolute atomic E-state index is 0.222. The highest BCUT2D eigenvalue weighted by Gasteiger charge is 2.29. The number of imidazole rings is 1. The van der Waals surface area contributed by atoms with Crippen LogP contribution in [-0.4, -0.2) is 60.8 Å². The van der Waals surface area contributed by atoms with Crippen molar-refractivity contribution in [3.63, 3.8) is 0 Å². The Morgan fingerprint density at radius 1 is 1.17 bits per heavy atom. The van der Waals surface area contributed by atoms with Crippen LogP contribution in [0, 0.1) is 0 Å². The van der Waals surface area contributed by atoms with Crippen molar-refractivity contribution >= 4 is 21.1 Å². The Kier molecular flexibility index (Phi) is 4.31. The molecule has 2 N–H and O–H groups in total. The van der Waals surface area contributed by atoms with Gasteiger partial charge in [0.25, 0.3) is 0 Å². The first-order valence-corrected chi connectivity index (χ1v) is 9.20. The molecule has 126 valence electrons. The summed E-state index contributed by atoms with van der Waals surface area (Å²) in [6, 6.07) is 4.93. The molecule has 0 aliphatic carbocycles. The van der Waals surface area contributed by atoms with Crippen molar-refractivity contribution in [3.8, 4) is 0 Å². The van der Waals surface area contributed by atoms with Crippen LogP contribution in [0.25, 0.3) is 11.0 Å². The third-order valence-corrected chi connectivity index (χ3v) is 6.33. The molecule has 1 aromatic carbocycles. The van der Waals surface area contributed by atoms with Crippen LogP contribution >= 0.6 is 0 Å². The summed E-state index contributed by atoms with van der Waals surface area (Å²) in [5.41, 5.74) is 0.781. The van der Waals surface area contributed by atoms with Crippen molar-refractivity contribution in [1.82, 2.24) is 19.2 Å². The number of aromatic amines is 2. The Morgan fingerprint density at radius 2 is 1.91 bits per heavy atom. The molecule has 1 aromatic heterocycles. The summed E-state index contributed by atoms with van der Waals surface area (Å²) in [5, 5.41) is 0. The minimum Gasteiger partial charge on any atom is -0.306 e. The van der Waals surface area contributed by atoms with Gasteiger partial charge in [-0.2, -0.15) is 4.31 Å². The molecule has 1 fully saturated rings. The van der Waals surface area contributed by atoms with Gasteiger partial charge in [0.1, 0.15) is 0 Å². The van der Waals surface area contributed by atoms with Gasteiger partial charge in [0.15, 0.2) is 0 Å². The maximum Gasteiger partial charge on any atom is 0.323 e. The molecule has 1 aliphatic heterocycles. The van der Waals surface area contributed by atoms with Gasteiger partial charge in [0.05, 0.1) is 15.9 Å². The first kappa shape index (κ1) is 16.2. The largest absolute Gasteiger partial charge is 0.323 e. The Bertz CT molecular complexity index is 853. The van der Waals surface area contributed by atoms with Gasteiger partial charge in [-0.15, -0.1) is 0 Å². The van der Waals surface area contributed by atoms with Gasteiger partial charge in [-0.1, -0.05) is 6.42 Å². The van der Waals surface area contributed by atoms with Crippen LogP contribution in [0.3, 0.4) is 0 Å². The third-order valence-electron chi connectivity index (χ3n) is 4.46. The SMILES string of the molecule is CN(C)C1CCCCN(S(=O)(=O)c2ccc3[nH]c(=O)[nH]c3c2)C1. The topological polar surface area (TPSA) is 89.3 Å². The van der Waals surface area contributed by atoms with E-state index in [-0.39, 0.29) is 16.6 Å². The molecule has 2 heterocycles. The predicted octanol–water partition coefficient (Wildman–Crippen LogP) is 0.961. The minimum atomic E-state index is -3.56. The monoisotopic (exact) mass is 338 g/mol. The molecule has 1 atom stereocenters. The van der Waals surface area contributed by atoms with Gasteiger partial charge in [0, 0.05) is 19.1 Å². The summed E-state index contributed by atoms with van der Waals surface area (Å²) in [7, 11) is 0.404. The van der Waals surface area contributed by atoms with E-state index in [1.165, 1.54) is 6.07 Å². The van der Waals surface area contributed by atoms with Gasteiger partial charge in [-0.25, -0.2) is 13.2 Å². The lowest BCUT2D eigenvalue weighted by molar-refractivity contribution is 0.248. The molecular weight excluding hydrogens is 316 g/mol. The highest BCUT2D eigenvalue weighted by molar-refractivity contribution is 7.89. The normalized spacial score (nSPS) is 20.9. The zero-order valence-corrected chi connectivity index (χ0v) is 14.2. The quantitative estimate of drug-likeness (QED) is 0.872. The van der Waals surface area contributed by atoms with E-state index < -0.39 is 10.0 Å². The van der Waals surface area contributed by atoms with Crippen molar-refractivity contribution in [3.05, 3.63) is 28.7 Å². The highest BCUT2D eigenvalue weighted by atomic mass is 32.2. The number of fused-ring (bicyclic) bond motifs is 1. The fourth-order valence-electron chi connectivity index (χ4n) is 3.05. The summed E-state index contributed by atoms with van der Waals surface area (Å²) < 4.78 is 27.5. The van der Waals surface area contributed by atoms with Crippen molar-refractivity contribution in [1.29, 1.82) is 0 Å². The Balaban J connectivity index is 1.96. The number of nitrogens with one attached hydrogen (secondary N) is 2. The number of H-pyrrole nitrogens is 2. The average Bonchev–Trinajstić information content (AvgIpc) is 2.71. The van der Waals surface area contributed by atoms with E-state index in [9.17, 15) is 13.2 Å². The summed E-state index contributed by atoms with van der Waals surface area (Å²) in [6.07, 6.45) is 2.90. The number of nitrogens with zero attached hydrogens (tertiary/aromatic N) is 2. The molecule has 0 spiro atoms. The number of hydrogen-bond donors (Lipinski definition) is 2. The number of aromatic nitrogens is 2. The summed E-state index contributed by atoms with van der Waals surface area (Å²) in [4.78, 5) is 18.9. The molecule has 0 amide bonds. The second-order valence-corrected chi connectivity index (χ2v) is 8.20. The lowest BCUT2D eigenvalue weighted by Gasteiger charge is -2.28. The number of sulfonamides is 1. The zero-order chi connectivity index (χ0) is 16.6. The third kappa shape index (κ3) is 3.19. The Morgan fingerprint density at radius 3 is 2.65 bits per heavy atom. The van der Waals surface area contributed by atoms with Crippen LogP contribution in [0.15, 0.2) is 27.9 Å². The molecule has 0 saturated carbocycles. The lowest BCUT2D eigenvalue weighted by atomic mass is 10.1. The molecule has 8 heteroatoms. The lowest BCUT2D eigenvalue weighted by Crippen LogP contribution is -2.41. The van der Waals surface area contributed by atoms with Crippen molar-refractivity contribution in [2.75, 3.05) is 27.2 Å². The van der Waals surface area contributed by atoms with E-state index in [1.807, 2.05) is 14.1 Å². The molecular formula is C15H22N4O3S. The average molecular weight is 338 g/mol. The van der Waals surface area contributed by atoms with E-state index in [2.05, 4.69) is 14.9 Å². The van der Waals surface area contributed by atoms with Gasteiger partial charge in [-0.05, 0) is 45.1 Å². The molecule has 0 bridgehead atoms. The van der Waals surface area contributed by atoms with E-state index in [0.29, 0.717) is 24.1 Å². The smallest absolute Gasteiger partial charge is 0.306 e. The molecule has 2 aromatic rings. The Hall–Kier alpha value is -1.64. The van der Waals surface area contributed by atoms with E-state index >= 15 is 0 Å². The second kappa shape index (κ2) is 6.10. The van der Waals surface area contributed by atoms with Crippen molar-refractivity contribution in [2.24, 2.45) is 0 Å². The highest BCUT2D eigenvalue weighted by Crippen LogP contribution is 2.23. The summed E-state index contributed by atoms with van der Waals surface area (Å²) in [5.74, 6) is 0. The fraction of sp³-hybridized carbons (Fsp3) is 0.533. The van der Waals surface area contributed by atoms with Gasteiger partial charge in [0.2, 0.25) is 10.0 Å². The van der Waals surface area contributed by atoms with Crippen molar-refractivity contribution < 1.29 is 8.42 Å². The van der Waals surface area contributed by atoms with Crippen LogP contribution in [0.1, 0.15) is 19.3 Å². The number of benzene rings is 1.